The molecule has 0 N–H and O–H groups in total. The van der Waals surface area contributed by atoms with Crippen LogP contribution in [0, 0.1) is 10.1 Å². The molecule has 2 aromatic heterocycles. The largest absolute Gasteiger partial charge is 0.486 e. The van der Waals surface area contributed by atoms with Gasteiger partial charge in [-0.25, -0.2) is 4.98 Å². The molecule has 0 amide bonds. The zero-order valence-corrected chi connectivity index (χ0v) is 14.4. The van der Waals surface area contributed by atoms with Crippen LogP contribution in [0.5, 0.6) is 11.5 Å². The van der Waals surface area contributed by atoms with Crippen molar-refractivity contribution < 1.29 is 14.4 Å². The van der Waals surface area contributed by atoms with Crippen molar-refractivity contribution in [1.29, 1.82) is 0 Å². The van der Waals surface area contributed by atoms with Crippen LogP contribution in [0.25, 0.3) is 0 Å². The van der Waals surface area contributed by atoms with Crippen LogP contribution in [-0.2, 0) is 13.2 Å². The highest BCUT2D eigenvalue weighted by molar-refractivity contribution is 7.09. The van der Waals surface area contributed by atoms with Crippen LogP contribution in [0.15, 0.2) is 48.0 Å². The number of benzene rings is 1. The number of aromatic nitrogens is 2. The molecule has 0 aliphatic carbocycles. The van der Waals surface area contributed by atoms with Crippen molar-refractivity contribution in [1.82, 2.24) is 9.97 Å². The van der Waals surface area contributed by atoms with Crippen LogP contribution < -0.4 is 9.47 Å². The van der Waals surface area contributed by atoms with Crippen LogP contribution in [0.2, 0.25) is 5.02 Å². The van der Waals surface area contributed by atoms with E-state index < -0.39 is 4.92 Å². The van der Waals surface area contributed by atoms with Crippen LogP contribution in [0.1, 0.15) is 10.7 Å². The molecule has 3 rings (SSSR count). The summed E-state index contributed by atoms with van der Waals surface area (Å²) in [6.45, 7) is 0.434. The van der Waals surface area contributed by atoms with E-state index in [1.807, 2.05) is 5.38 Å². The fourth-order valence-electron chi connectivity index (χ4n) is 1.94. The van der Waals surface area contributed by atoms with Gasteiger partial charge in [-0.05, 0) is 46.3 Å². The quantitative estimate of drug-likeness (QED) is 0.451. The van der Waals surface area contributed by atoms with E-state index in [1.165, 1.54) is 23.6 Å². The van der Waals surface area contributed by atoms with Gasteiger partial charge in [0.15, 0.2) is 0 Å². The number of nitrogens with zero attached hydrogens (tertiary/aromatic N) is 3. The van der Waals surface area contributed by atoms with Gasteiger partial charge in [-0.3, -0.25) is 0 Å². The first-order chi connectivity index (χ1) is 12.1. The molecule has 0 saturated heterocycles. The third kappa shape index (κ3) is 4.65. The molecule has 0 radical (unpaired) electrons. The molecule has 0 aliphatic rings. The van der Waals surface area contributed by atoms with Gasteiger partial charge in [0, 0.05) is 10.4 Å². The molecule has 0 atom stereocenters. The zero-order valence-electron chi connectivity index (χ0n) is 12.8. The van der Waals surface area contributed by atoms with Crippen molar-refractivity contribution in [3.8, 4) is 11.5 Å². The van der Waals surface area contributed by atoms with Gasteiger partial charge >= 0.3 is 5.82 Å². The van der Waals surface area contributed by atoms with Crippen molar-refractivity contribution in [2.24, 2.45) is 0 Å². The first-order valence-corrected chi connectivity index (χ1v) is 8.41. The molecule has 0 unspecified atom stereocenters. The molecule has 1 aromatic carbocycles. The van der Waals surface area contributed by atoms with E-state index in [0.717, 1.165) is 5.01 Å². The topological polar surface area (TPSA) is 87.4 Å². The van der Waals surface area contributed by atoms with Crippen molar-refractivity contribution >= 4 is 28.8 Å². The molecule has 0 fully saturated rings. The Morgan fingerprint density at radius 1 is 1.16 bits per heavy atom. The molecule has 0 saturated carbocycles. The minimum absolute atomic E-state index is 0.111. The molecule has 0 aliphatic heterocycles. The first kappa shape index (κ1) is 17.1. The molecule has 25 heavy (non-hydrogen) atoms. The Labute approximate surface area is 152 Å². The summed E-state index contributed by atoms with van der Waals surface area (Å²) in [5.41, 5.74) is 0.665. The second kappa shape index (κ2) is 7.91. The zero-order chi connectivity index (χ0) is 17.6. The SMILES string of the molecule is O=[N+]([O-])c1ncccc1OCc1csc(COc2ccc(Cl)cc2)n1. The molecule has 3 aromatic rings. The van der Waals surface area contributed by atoms with E-state index in [1.54, 1.807) is 30.3 Å². The van der Waals surface area contributed by atoms with Gasteiger partial charge in [-0.15, -0.1) is 11.3 Å². The number of ether oxygens (including phenoxy) is 2. The van der Waals surface area contributed by atoms with Gasteiger partial charge in [0.25, 0.3) is 0 Å². The maximum Gasteiger partial charge on any atom is 0.406 e. The Morgan fingerprint density at radius 2 is 1.96 bits per heavy atom. The summed E-state index contributed by atoms with van der Waals surface area (Å²) in [7, 11) is 0. The molecular weight excluding hydrogens is 366 g/mol. The monoisotopic (exact) mass is 377 g/mol. The first-order valence-electron chi connectivity index (χ1n) is 7.15. The van der Waals surface area contributed by atoms with E-state index in [4.69, 9.17) is 21.1 Å². The normalized spacial score (nSPS) is 10.4. The van der Waals surface area contributed by atoms with E-state index >= 15 is 0 Å². The van der Waals surface area contributed by atoms with E-state index in [2.05, 4.69) is 9.97 Å². The third-order valence-electron chi connectivity index (χ3n) is 3.07. The van der Waals surface area contributed by atoms with Gasteiger partial charge in [0.05, 0.1) is 5.69 Å². The molecule has 7 nitrogen and oxygen atoms in total. The van der Waals surface area contributed by atoms with E-state index in [9.17, 15) is 10.1 Å². The molecule has 0 spiro atoms. The summed E-state index contributed by atoms with van der Waals surface area (Å²) in [6, 6.07) is 10.1. The molecule has 0 bridgehead atoms. The summed E-state index contributed by atoms with van der Waals surface area (Å²) >= 11 is 7.25. The number of halogens is 1. The van der Waals surface area contributed by atoms with Gasteiger partial charge in [0.1, 0.15) is 30.2 Å². The smallest absolute Gasteiger partial charge is 0.406 e. The predicted molar refractivity (Wildman–Crippen MR) is 93.1 cm³/mol. The molecular formula is C16H12ClN3O4S. The number of rotatable bonds is 7. The maximum atomic E-state index is 10.9. The summed E-state index contributed by atoms with van der Waals surface area (Å²) in [5, 5.41) is 14.1. The molecule has 9 heteroatoms. The Hall–Kier alpha value is -2.71. The lowest BCUT2D eigenvalue weighted by atomic mass is 10.3. The minimum Gasteiger partial charge on any atom is -0.486 e. The number of hydrogen-bond donors (Lipinski definition) is 0. The number of hydrogen-bond acceptors (Lipinski definition) is 7. The van der Waals surface area contributed by atoms with Crippen LogP contribution >= 0.6 is 22.9 Å². The number of pyridine rings is 1. The van der Waals surface area contributed by atoms with Crippen LogP contribution in [0.4, 0.5) is 5.82 Å². The Kier molecular flexibility index (Phi) is 5.42. The van der Waals surface area contributed by atoms with Crippen molar-refractivity contribution in [2.75, 3.05) is 0 Å². The van der Waals surface area contributed by atoms with Crippen molar-refractivity contribution in [3.05, 3.63) is 73.8 Å². The third-order valence-corrected chi connectivity index (χ3v) is 4.20. The summed E-state index contributed by atoms with van der Waals surface area (Å²) in [4.78, 5) is 18.4. The highest BCUT2D eigenvalue weighted by Crippen LogP contribution is 2.24. The number of thiazole rings is 1. The summed E-state index contributed by atoms with van der Waals surface area (Å²) in [5.74, 6) is 0.492. The molecule has 2 heterocycles. The predicted octanol–water partition coefficient (Wildman–Crippen LogP) is 4.26. The van der Waals surface area contributed by atoms with Crippen molar-refractivity contribution in [2.45, 2.75) is 13.2 Å². The Balaban J connectivity index is 1.57. The average molecular weight is 378 g/mol. The maximum absolute atomic E-state index is 10.9. The average Bonchev–Trinajstić information content (AvgIpc) is 3.07. The lowest BCUT2D eigenvalue weighted by molar-refractivity contribution is -0.390. The highest BCUT2D eigenvalue weighted by atomic mass is 35.5. The van der Waals surface area contributed by atoms with E-state index in [-0.39, 0.29) is 18.2 Å². The van der Waals surface area contributed by atoms with E-state index in [0.29, 0.717) is 23.1 Å². The fourth-order valence-corrected chi connectivity index (χ4v) is 2.76. The van der Waals surface area contributed by atoms with Crippen LogP contribution in [0.3, 0.4) is 0 Å². The van der Waals surface area contributed by atoms with Gasteiger partial charge in [-0.1, -0.05) is 11.6 Å². The molecule has 128 valence electrons. The lowest BCUT2D eigenvalue weighted by Crippen LogP contribution is -2.01. The number of nitro groups is 1. The fraction of sp³-hybridized carbons (Fsp3) is 0.125. The highest BCUT2D eigenvalue weighted by Gasteiger charge is 2.16. The second-order valence-corrected chi connectivity index (χ2v) is 6.23. The van der Waals surface area contributed by atoms with Gasteiger partial charge in [0.2, 0.25) is 5.75 Å². The van der Waals surface area contributed by atoms with Crippen LogP contribution in [-0.4, -0.2) is 14.9 Å². The summed E-state index contributed by atoms with van der Waals surface area (Å²) < 4.78 is 11.1. The Bertz CT molecular complexity index is 870. The lowest BCUT2D eigenvalue weighted by Gasteiger charge is -2.04. The second-order valence-electron chi connectivity index (χ2n) is 4.85. The Morgan fingerprint density at radius 3 is 2.72 bits per heavy atom. The standard InChI is InChI=1S/C16H12ClN3O4S/c17-11-3-5-13(6-4-11)23-9-15-19-12(10-25-15)8-24-14-2-1-7-18-16(14)20(21)22/h1-7,10H,8-9H2. The summed E-state index contributed by atoms with van der Waals surface area (Å²) in [6.07, 6.45) is 1.35. The van der Waals surface area contributed by atoms with Crippen molar-refractivity contribution in [3.63, 3.8) is 0 Å². The minimum atomic E-state index is -0.582. The van der Waals surface area contributed by atoms with Gasteiger partial charge < -0.3 is 19.6 Å². The van der Waals surface area contributed by atoms with Gasteiger partial charge in [-0.2, -0.15) is 0 Å².